The predicted octanol–water partition coefficient (Wildman–Crippen LogP) is 3.52. The average molecular weight is 245 g/mol. The smallest absolute Gasteiger partial charge is 0.340 e. The van der Waals surface area contributed by atoms with Crippen LogP contribution in [0.2, 0.25) is 0 Å². The Bertz CT molecular complexity index is 529. The number of ether oxygens (including phenoxy) is 1. The van der Waals surface area contributed by atoms with Crippen LogP contribution in [0.15, 0.2) is 29.0 Å². The topological polar surface area (TPSA) is 75.1 Å². The number of azide groups is 1. The summed E-state index contributed by atoms with van der Waals surface area (Å²) in [6, 6.07) is 5.72. The molecule has 1 aromatic carbocycles. The highest BCUT2D eigenvalue weighted by atomic mass is 16.5. The molecular weight excluding hydrogens is 230 g/mol. The molecule has 0 fully saturated rings. The molecule has 0 saturated carbocycles. The fourth-order valence-electron chi connectivity index (χ4n) is 1.39. The molecule has 0 aliphatic rings. The van der Waals surface area contributed by atoms with Gasteiger partial charge in [-0.1, -0.05) is 23.3 Å². The maximum atomic E-state index is 11.5. The van der Waals surface area contributed by atoms with Crippen molar-refractivity contribution in [3.05, 3.63) is 51.0 Å². The second kappa shape index (κ2) is 6.47. The van der Waals surface area contributed by atoms with E-state index in [1.165, 1.54) is 6.08 Å². The number of carbonyl (C=O) groups is 1. The van der Waals surface area contributed by atoms with Crippen molar-refractivity contribution in [1.82, 2.24) is 0 Å². The molecule has 0 amide bonds. The van der Waals surface area contributed by atoms with Gasteiger partial charge in [0, 0.05) is 4.91 Å². The van der Waals surface area contributed by atoms with Crippen molar-refractivity contribution in [1.29, 1.82) is 0 Å². The zero-order chi connectivity index (χ0) is 13.5. The summed E-state index contributed by atoms with van der Waals surface area (Å²) in [4.78, 5) is 14.2. The maximum absolute atomic E-state index is 11.5. The van der Waals surface area contributed by atoms with Crippen LogP contribution >= 0.6 is 0 Å². The number of rotatable bonds is 4. The Morgan fingerprint density at radius 1 is 1.44 bits per heavy atom. The average Bonchev–Trinajstić information content (AvgIpc) is 2.33. The maximum Gasteiger partial charge on any atom is 0.340 e. The van der Waals surface area contributed by atoms with Crippen molar-refractivity contribution in [2.24, 2.45) is 5.11 Å². The van der Waals surface area contributed by atoms with Gasteiger partial charge in [0.2, 0.25) is 0 Å². The molecule has 0 aromatic heterocycles. The van der Waals surface area contributed by atoms with Crippen molar-refractivity contribution in [2.75, 3.05) is 6.61 Å². The van der Waals surface area contributed by atoms with E-state index in [1.807, 2.05) is 32.0 Å². The summed E-state index contributed by atoms with van der Waals surface area (Å²) in [7, 11) is 0. The SMILES string of the molecule is CCOC(=O)/C(=C/c1ccc(C)c(C)c1)N=[N+]=[N-]. The number of benzene rings is 1. The fourth-order valence-corrected chi connectivity index (χ4v) is 1.39. The van der Waals surface area contributed by atoms with E-state index < -0.39 is 5.97 Å². The zero-order valence-electron chi connectivity index (χ0n) is 10.7. The molecule has 0 spiro atoms. The number of esters is 1. The van der Waals surface area contributed by atoms with Crippen molar-refractivity contribution < 1.29 is 9.53 Å². The van der Waals surface area contributed by atoms with Gasteiger partial charge in [-0.15, -0.1) is 0 Å². The van der Waals surface area contributed by atoms with Crippen LogP contribution < -0.4 is 0 Å². The molecule has 0 N–H and O–H groups in total. The summed E-state index contributed by atoms with van der Waals surface area (Å²) in [5.74, 6) is -0.617. The van der Waals surface area contributed by atoms with Gasteiger partial charge in [-0.05, 0) is 49.1 Å². The lowest BCUT2D eigenvalue weighted by molar-refractivity contribution is -0.138. The Hall–Kier alpha value is -2.26. The van der Waals surface area contributed by atoms with Crippen molar-refractivity contribution >= 4 is 12.0 Å². The fraction of sp³-hybridized carbons (Fsp3) is 0.308. The molecule has 0 saturated heterocycles. The van der Waals surface area contributed by atoms with Gasteiger partial charge in [-0.3, -0.25) is 0 Å². The Labute approximate surface area is 106 Å². The van der Waals surface area contributed by atoms with E-state index in [9.17, 15) is 4.79 Å². The van der Waals surface area contributed by atoms with Crippen LogP contribution in [0.25, 0.3) is 16.5 Å². The number of hydrogen-bond donors (Lipinski definition) is 0. The number of hydrogen-bond acceptors (Lipinski definition) is 3. The first-order valence-corrected chi connectivity index (χ1v) is 5.59. The molecular formula is C13H15N3O2. The minimum absolute atomic E-state index is 0.0393. The predicted molar refractivity (Wildman–Crippen MR) is 69.7 cm³/mol. The van der Waals surface area contributed by atoms with Gasteiger partial charge >= 0.3 is 5.97 Å². The molecule has 0 aliphatic heterocycles. The Morgan fingerprint density at radius 2 is 2.17 bits per heavy atom. The van der Waals surface area contributed by atoms with E-state index in [0.717, 1.165) is 16.7 Å². The molecule has 1 aromatic rings. The first-order chi connectivity index (χ1) is 8.58. The van der Waals surface area contributed by atoms with Gasteiger partial charge in [-0.25, -0.2) is 4.79 Å². The van der Waals surface area contributed by atoms with Crippen molar-refractivity contribution in [2.45, 2.75) is 20.8 Å². The first-order valence-electron chi connectivity index (χ1n) is 5.59. The minimum Gasteiger partial charge on any atom is -0.462 e. The summed E-state index contributed by atoms with van der Waals surface area (Å²) in [5, 5.41) is 3.36. The highest BCUT2D eigenvalue weighted by Crippen LogP contribution is 2.14. The first kappa shape index (κ1) is 13.8. The Balaban J connectivity index is 3.11. The lowest BCUT2D eigenvalue weighted by Gasteiger charge is -2.03. The molecule has 0 radical (unpaired) electrons. The zero-order valence-corrected chi connectivity index (χ0v) is 10.7. The standard InChI is InChI=1S/C13H15N3O2/c1-4-18-13(17)12(15-16-14)8-11-6-5-9(2)10(3)7-11/h5-8H,4H2,1-3H3/b12-8-. The Kier molecular flexibility index (Phi) is 4.96. The van der Waals surface area contributed by atoms with Crippen LogP contribution in [0.3, 0.4) is 0 Å². The molecule has 0 unspecified atom stereocenters. The lowest BCUT2D eigenvalue weighted by Crippen LogP contribution is -2.05. The highest BCUT2D eigenvalue weighted by Gasteiger charge is 2.08. The number of nitrogens with zero attached hydrogens (tertiary/aromatic N) is 3. The summed E-state index contributed by atoms with van der Waals surface area (Å²) < 4.78 is 4.81. The van der Waals surface area contributed by atoms with Crippen LogP contribution in [0.5, 0.6) is 0 Å². The summed E-state index contributed by atoms with van der Waals surface area (Å²) in [5.41, 5.74) is 11.5. The molecule has 94 valence electrons. The van der Waals surface area contributed by atoms with Gasteiger partial charge in [-0.2, -0.15) is 0 Å². The largest absolute Gasteiger partial charge is 0.462 e. The van der Waals surface area contributed by atoms with Crippen LogP contribution in [0.1, 0.15) is 23.6 Å². The molecule has 5 nitrogen and oxygen atoms in total. The highest BCUT2D eigenvalue weighted by molar-refractivity contribution is 5.93. The second-order valence-electron chi connectivity index (χ2n) is 3.78. The van der Waals surface area contributed by atoms with Gasteiger partial charge in [0.05, 0.1) is 6.61 Å². The van der Waals surface area contributed by atoms with Gasteiger partial charge in [0.15, 0.2) is 0 Å². The molecule has 5 heteroatoms. The van der Waals surface area contributed by atoms with Gasteiger partial charge < -0.3 is 4.74 Å². The van der Waals surface area contributed by atoms with Crippen LogP contribution in [-0.2, 0) is 9.53 Å². The van der Waals surface area contributed by atoms with E-state index in [2.05, 4.69) is 10.0 Å². The van der Waals surface area contributed by atoms with Gasteiger partial charge in [0.25, 0.3) is 0 Å². The monoisotopic (exact) mass is 245 g/mol. The summed E-state index contributed by atoms with van der Waals surface area (Å²) in [6.07, 6.45) is 1.52. The van der Waals surface area contributed by atoms with Crippen molar-refractivity contribution in [3.63, 3.8) is 0 Å². The molecule has 0 aliphatic carbocycles. The Morgan fingerprint density at radius 3 is 2.72 bits per heavy atom. The van der Waals surface area contributed by atoms with E-state index in [1.54, 1.807) is 6.92 Å². The summed E-state index contributed by atoms with van der Waals surface area (Å²) >= 11 is 0. The number of carbonyl (C=O) groups excluding carboxylic acids is 1. The third-order valence-electron chi connectivity index (χ3n) is 2.47. The third kappa shape index (κ3) is 3.64. The third-order valence-corrected chi connectivity index (χ3v) is 2.47. The van der Waals surface area contributed by atoms with Gasteiger partial charge in [0.1, 0.15) is 5.70 Å². The van der Waals surface area contributed by atoms with E-state index in [4.69, 9.17) is 10.3 Å². The molecule has 18 heavy (non-hydrogen) atoms. The van der Waals surface area contributed by atoms with Crippen LogP contribution in [-0.4, -0.2) is 12.6 Å². The van der Waals surface area contributed by atoms with E-state index >= 15 is 0 Å². The quantitative estimate of drug-likeness (QED) is 0.267. The van der Waals surface area contributed by atoms with E-state index in [0.29, 0.717) is 0 Å². The minimum atomic E-state index is -0.617. The lowest BCUT2D eigenvalue weighted by atomic mass is 10.1. The van der Waals surface area contributed by atoms with Crippen molar-refractivity contribution in [3.8, 4) is 0 Å². The normalized spacial score (nSPS) is 10.7. The number of aryl methyl sites for hydroxylation is 2. The second-order valence-corrected chi connectivity index (χ2v) is 3.78. The van der Waals surface area contributed by atoms with E-state index in [-0.39, 0.29) is 12.3 Å². The molecule has 0 heterocycles. The molecule has 0 bridgehead atoms. The van der Waals surface area contributed by atoms with Crippen LogP contribution in [0, 0.1) is 13.8 Å². The summed E-state index contributed by atoms with van der Waals surface area (Å²) in [6.45, 7) is 5.92. The molecule has 1 rings (SSSR count). The molecule has 0 atom stereocenters. The van der Waals surface area contributed by atoms with Crippen LogP contribution in [0.4, 0.5) is 0 Å².